The number of hydrogen-bond acceptors (Lipinski definition) is 4. The minimum atomic E-state index is -0.0947. The monoisotopic (exact) mass is 223 g/mol. The van der Waals surface area contributed by atoms with Gasteiger partial charge in [-0.2, -0.15) is 0 Å². The van der Waals surface area contributed by atoms with E-state index < -0.39 is 0 Å². The van der Waals surface area contributed by atoms with E-state index in [1.165, 1.54) is 0 Å². The summed E-state index contributed by atoms with van der Waals surface area (Å²) in [6.45, 7) is 1.51. The molecule has 16 heavy (non-hydrogen) atoms. The van der Waals surface area contributed by atoms with Crippen LogP contribution in [0.25, 0.3) is 0 Å². The van der Waals surface area contributed by atoms with Crippen LogP contribution in [0.2, 0.25) is 0 Å². The number of hydrogen-bond donors (Lipinski definition) is 1. The minimum Gasteiger partial charge on any atom is -0.383 e. The molecule has 0 bridgehead atoms. The molecule has 1 rings (SSSR count). The zero-order chi connectivity index (χ0) is 11.8. The number of nitrogens with two attached hydrogens (primary N) is 1. The Morgan fingerprint density at radius 3 is 2.94 bits per heavy atom. The first kappa shape index (κ1) is 12.6. The van der Waals surface area contributed by atoms with Crippen LogP contribution in [0.4, 0.5) is 0 Å². The third-order valence-corrected chi connectivity index (χ3v) is 2.17. The van der Waals surface area contributed by atoms with E-state index in [9.17, 15) is 4.79 Å². The largest absolute Gasteiger partial charge is 0.383 e. The molecule has 0 atom stereocenters. The highest BCUT2D eigenvalue weighted by atomic mass is 16.5. The van der Waals surface area contributed by atoms with Gasteiger partial charge >= 0.3 is 0 Å². The maximum Gasteiger partial charge on any atom is 0.236 e. The third-order valence-electron chi connectivity index (χ3n) is 2.17. The number of carbonyl (C=O) groups is 1. The van der Waals surface area contributed by atoms with Gasteiger partial charge in [-0.15, -0.1) is 0 Å². The van der Waals surface area contributed by atoms with Gasteiger partial charge in [0.1, 0.15) is 0 Å². The Morgan fingerprint density at radius 2 is 2.38 bits per heavy atom. The van der Waals surface area contributed by atoms with Crippen LogP contribution < -0.4 is 5.73 Å². The number of pyridine rings is 1. The van der Waals surface area contributed by atoms with Crippen molar-refractivity contribution in [2.45, 2.75) is 6.54 Å². The summed E-state index contributed by atoms with van der Waals surface area (Å²) in [5.74, 6) is -0.0947. The molecule has 0 fully saturated rings. The van der Waals surface area contributed by atoms with E-state index in [4.69, 9.17) is 10.5 Å². The highest BCUT2D eigenvalue weighted by molar-refractivity contribution is 5.77. The van der Waals surface area contributed by atoms with Gasteiger partial charge in [0.2, 0.25) is 5.91 Å². The third kappa shape index (κ3) is 3.96. The maximum atomic E-state index is 11.5. The summed E-state index contributed by atoms with van der Waals surface area (Å²) in [6, 6.07) is 5.61. The first-order valence-electron chi connectivity index (χ1n) is 5.14. The van der Waals surface area contributed by atoms with Crippen LogP contribution in [-0.4, -0.2) is 42.6 Å². The number of amides is 1. The van der Waals surface area contributed by atoms with Crippen LogP contribution in [0.15, 0.2) is 24.4 Å². The fraction of sp³-hybridized carbons (Fsp3) is 0.455. The van der Waals surface area contributed by atoms with Gasteiger partial charge in [-0.1, -0.05) is 6.07 Å². The smallest absolute Gasteiger partial charge is 0.236 e. The summed E-state index contributed by atoms with van der Waals surface area (Å²) in [4.78, 5) is 17.4. The average Bonchev–Trinajstić information content (AvgIpc) is 2.34. The summed E-state index contributed by atoms with van der Waals surface area (Å²) in [5, 5.41) is 0. The number of methoxy groups -OCH3 is 1. The molecule has 5 heteroatoms. The van der Waals surface area contributed by atoms with E-state index in [1.807, 2.05) is 18.2 Å². The van der Waals surface area contributed by atoms with Crippen LogP contribution in [0.1, 0.15) is 5.69 Å². The lowest BCUT2D eigenvalue weighted by Gasteiger charge is -2.21. The van der Waals surface area contributed by atoms with E-state index >= 15 is 0 Å². The summed E-state index contributed by atoms with van der Waals surface area (Å²) in [5.41, 5.74) is 6.19. The van der Waals surface area contributed by atoms with Crippen LogP contribution >= 0.6 is 0 Å². The molecular formula is C11H17N3O2. The number of aromatic nitrogens is 1. The quantitative estimate of drug-likeness (QED) is 0.738. The van der Waals surface area contributed by atoms with Crippen molar-refractivity contribution in [3.63, 3.8) is 0 Å². The molecule has 0 unspecified atom stereocenters. The molecule has 0 saturated heterocycles. The predicted molar refractivity (Wildman–Crippen MR) is 60.6 cm³/mol. The fourth-order valence-corrected chi connectivity index (χ4v) is 1.31. The van der Waals surface area contributed by atoms with E-state index in [0.717, 1.165) is 5.69 Å². The lowest BCUT2D eigenvalue weighted by atomic mass is 10.3. The van der Waals surface area contributed by atoms with E-state index in [1.54, 1.807) is 18.2 Å². The lowest BCUT2D eigenvalue weighted by Crippen LogP contribution is -2.37. The molecule has 1 amide bonds. The molecule has 1 aromatic rings. The zero-order valence-corrected chi connectivity index (χ0v) is 9.43. The van der Waals surface area contributed by atoms with Gasteiger partial charge in [0.25, 0.3) is 0 Å². The molecule has 0 aromatic carbocycles. The molecular weight excluding hydrogens is 206 g/mol. The van der Waals surface area contributed by atoms with E-state index in [0.29, 0.717) is 19.7 Å². The van der Waals surface area contributed by atoms with Crippen LogP contribution in [0.5, 0.6) is 0 Å². The van der Waals surface area contributed by atoms with Gasteiger partial charge in [-0.05, 0) is 12.1 Å². The van der Waals surface area contributed by atoms with E-state index in [-0.39, 0.29) is 12.5 Å². The predicted octanol–water partition coefficient (Wildman–Crippen LogP) is 0.0153. The Labute approximate surface area is 95.2 Å². The molecule has 1 aromatic heterocycles. The second-order valence-corrected chi connectivity index (χ2v) is 3.33. The molecule has 2 N–H and O–H groups in total. The Bertz CT molecular complexity index is 316. The van der Waals surface area contributed by atoms with Crippen LogP contribution in [0.3, 0.4) is 0 Å². The van der Waals surface area contributed by atoms with E-state index in [2.05, 4.69) is 4.98 Å². The Kier molecular flexibility index (Phi) is 5.45. The van der Waals surface area contributed by atoms with Gasteiger partial charge < -0.3 is 15.4 Å². The minimum absolute atomic E-state index is 0.0105. The summed E-state index contributed by atoms with van der Waals surface area (Å²) in [7, 11) is 1.60. The van der Waals surface area contributed by atoms with Crippen molar-refractivity contribution in [1.82, 2.24) is 9.88 Å². The Hall–Kier alpha value is -1.46. The normalized spacial score (nSPS) is 10.1. The van der Waals surface area contributed by atoms with Gasteiger partial charge in [0.15, 0.2) is 0 Å². The Morgan fingerprint density at radius 1 is 1.56 bits per heavy atom. The van der Waals surface area contributed by atoms with Gasteiger partial charge in [-0.25, -0.2) is 0 Å². The van der Waals surface area contributed by atoms with Crippen molar-refractivity contribution in [2.24, 2.45) is 5.73 Å². The van der Waals surface area contributed by atoms with Gasteiger partial charge in [-0.3, -0.25) is 9.78 Å². The van der Waals surface area contributed by atoms with Crippen molar-refractivity contribution < 1.29 is 9.53 Å². The van der Waals surface area contributed by atoms with Crippen molar-refractivity contribution in [3.8, 4) is 0 Å². The molecule has 88 valence electrons. The molecule has 0 radical (unpaired) electrons. The van der Waals surface area contributed by atoms with Crippen molar-refractivity contribution in [2.75, 3.05) is 26.8 Å². The molecule has 0 aliphatic carbocycles. The SMILES string of the molecule is COCCN(Cc1ccccn1)C(=O)CN. The first-order valence-corrected chi connectivity index (χ1v) is 5.14. The first-order chi connectivity index (χ1) is 7.77. The van der Waals surface area contributed by atoms with Crippen molar-refractivity contribution in [3.05, 3.63) is 30.1 Å². The van der Waals surface area contributed by atoms with Gasteiger partial charge in [0, 0.05) is 19.9 Å². The highest BCUT2D eigenvalue weighted by Gasteiger charge is 2.12. The number of rotatable bonds is 6. The molecule has 0 spiro atoms. The van der Waals surface area contributed by atoms with Crippen molar-refractivity contribution in [1.29, 1.82) is 0 Å². The second kappa shape index (κ2) is 6.92. The highest BCUT2D eigenvalue weighted by Crippen LogP contribution is 2.01. The molecule has 0 saturated carbocycles. The molecule has 0 aliphatic rings. The topological polar surface area (TPSA) is 68.5 Å². The van der Waals surface area contributed by atoms with Crippen LogP contribution in [0, 0.1) is 0 Å². The summed E-state index contributed by atoms with van der Waals surface area (Å²) < 4.78 is 4.95. The summed E-state index contributed by atoms with van der Waals surface area (Å²) in [6.07, 6.45) is 1.71. The summed E-state index contributed by atoms with van der Waals surface area (Å²) >= 11 is 0. The van der Waals surface area contributed by atoms with Crippen LogP contribution in [-0.2, 0) is 16.1 Å². The maximum absolute atomic E-state index is 11.5. The number of ether oxygens (including phenoxy) is 1. The fourth-order valence-electron chi connectivity index (χ4n) is 1.31. The molecule has 0 aliphatic heterocycles. The lowest BCUT2D eigenvalue weighted by molar-refractivity contribution is -0.131. The van der Waals surface area contributed by atoms with Gasteiger partial charge in [0.05, 0.1) is 25.4 Å². The zero-order valence-electron chi connectivity index (χ0n) is 9.43. The molecule has 1 heterocycles. The van der Waals surface area contributed by atoms with Crippen molar-refractivity contribution >= 4 is 5.91 Å². The molecule has 5 nitrogen and oxygen atoms in total. The average molecular weight is 223 g/mol. The number of carbonyl (C=O) groups excluding carboxylic acids is 1. The standard InChI is InChI=1S/C11H17N3O2/c1-16-7-6-14(11(15)8-12)9-10-4-2-3-5-13-10/h2-5H,6-9,12H2,1H3. The Balaban J connectivity index is 2.59. The second-order valence-electron chi connectivity index (χ2n) is 3.33. The number of nitrogens with zero attached hydrogens (tertiary/aromatic N) is 2.